The van der Waals surface area contributed by atoms with Crippen molar-refractivity contribution in [2.75, 3.05) is 32.8 Å². The molecule has 0 aromatic heterocycles. The summed E-state index contributed by atoms with van der Waals surface area (Å²) >= 11 is 0. The molecule has 0 aromatic carbocycles. The first kappa shape index (κ1) is 12.3. The minimum absolute atomic E-state index is 0.576. The third kappa shape index (κ3) is 3.72. The Balaban J connectivity index is 1.74. The first-order valence-corrected chi connectivity index (χ1v) is 6.91. The van der Waals surface area contributed by atoms with Crippen LogP contribution in [0.25, 0.3) is 0 Å². The molecule has 94 valence electrons. The Morgan fingerprint density at radius 2 is 2.00 bits per heavy atom. The second-order valence-corrected chi connectivity index (χ2v) is 5.26. The Kier molecular flexibility index (Phi) is 5.07. The first-order valence-electron chi connectivity index (χ1n) is 6.91. The highest BCUT2D eigenvalue weighted by Gasteiger charge is 2.21. The fourth-order valence-electron chi connectivity index (χ4n) is 2.87. The predicted octanol–water partition coefficient (Wildman–Crippen LogP) is 1.63. The fourth-order valence-corrected chi connectivity index (χ4v) is 2.87. The molecule has 0 spiro atoms. The van der Waals surface area contributed by atoms with Gasteiger partial charge < -0.3 is 15.0 Å². The summed E-state index contributed by atoms with van der Waals surface area (Å²) in [6, 6.07) is 1.28. The number of nitrogens with one attached hydrogen (secondary N) is 1. The maximum absolute atomic E-state index is 5.51. The molecule has 1 N–H and O–H groups in total. The number of hydrogen-bond donors (Lipinski definition) is 1. The van der Waals surface area contributed by atoms with Crippen LogP contribution in [-0.2, 0) is 4.74 Å². The standard InChI is InChI=1S/C13H26N2O/c1-12(10-13-11-16-9-6-14-13)15-7-4-2-3-5-8-15/h12-14H,2-11H2,1H3. The van der Waals surface area contributed by atoms with Crippen LogP contribution in [0.3, 0.4) is 0 Å². The van der Waals surface area contributed by atoms with E-state index in [4.69, 9.17) is 4.74 Å². The maximum atomic E-state index is 5.51. The largest absolute Gasteiger partial charge is 0.379 e. The Morgan fingerprint density at radius 1 is 1.25 bits per heavy atom. The van der Waals surface area contributed by atoms with Gasteiger partial charge in [-0.3, -0.25) is 0 Å². The summed E-state index contributed by atoms with van der Waals surface area (Å²) in [5.74, 6) is 0. The summed E-state index contributed by atoms with van der Waals surface area (Å²) < 4.78 is 5.51. The lowest BCUT2D eigenvalue weighted by molar-refractivity contribution is 0.0622. The highest BCUT2D eigenvalue weighted by atomic mass is 16.5. The lowest BCUT2D eigenvalue weighted by Gasteiger charge is -2.32. The van der Waals surface area contributed by atoms with E-state index in [9.17, 15) is 0 Å². The van der Waals surface area contributed by atoms with Gasteiger partial charge in [0.25, 0.3) is 0 Å². The van der Waals surface area contributed by atoms with Crippen LogP contribution in [0.15, 0.2) is 0 Å². The average molecular weight is 226 g/mol. The SMILES string of the molecule is CC(CC1COCCN1)N1CCCCCC1. The molecule has 0 aromatic rings. The minimum Gasteiger partial charge on any atom is -0.379 e. The lowest BCUT2D eigenvalue weighted by Crippen LogP contribution is -2.46. The van der Waals surface area contributed by atoms with Gasteiger partial charge in [-0.1, -0.05) is 12.8 Å². The molecule has 3 heteroatoms. The highest BCUT2D eigenvalue weighted by Crippen LogP contribution is 2.15. The van der Waals surface area contributed by atoms with Crippen molar-refractivity contribution in [2.45, 2.75) is 51.1 Å². The third-order valence-corrected chi connectivity index (χ3v) is 3.89. The molecule has 2 atom stereocenters. The normalized spacial score (nSPS) is 30.9. The number of morpholine rings is 1. The molecule has 16 heavy (non-hydrogen) atoms. The zero-order chi connectivity index (χ0) is 11.2. The molecular weight excluding hydrogens is 200 g/mol. The van der Waals surface area contributed by atoms with Gasteiger partial charge in [0.05, 0.1) is 13.2 Å². The zero-order valence-electron chi connectivity index (χ0n) is 10.6. The number of nitrogens with zero attached hydrogens (tertiary/aromatic N) is 1. The van der Waals surface area contributed by atoms with Crippen molar-refractivity contribution in [1.82, 2.24) is 10.2 Å². The van der Waals surface area contributed by atoms with Crippen LogP contribution < -0.4 is 5.32 Å². The average Bonchev–Trinajstić information content (AvgIpc) is 2.59. The van der Waals surface area contributed by atoms with Crippen molar-refractivity contribution in [2.24, 2.45) is 0 Å². The van der Waals surface area contributed by atoms with Crippen LogP contribution in [0, 0.1) is 0 Å². The molecule has 0 aliphatic carbocycles. The first-order chi connectivity index (χ1) is 7.86. The third-order valence-electron chi connectivity index (χ3n) is 3.89. The molecule has 2 saturated heterocycles. The van der Waals surface area contributed by atoms with Gasteiger partial charge in [0.2, 0.25) is 0 Å². The Bertz CT molecular complexity index is 184. The van der Waals surface area contributed by atoms with E-state index < -0.39 is 0 Å². The van der Waals surface area contributed by atoms with Crippen molar-refractivity contribution < 1.29 is 4.74 Å². The van der Waals surface area contributed by atoms with Gasteiger partial charge >= 0.3 is 0 Å². The van der Waals surface area contributed by atoms with Crippen molar-refractivity contribution in [1.29, 1.82) is 0 Å². The zero-order valence-corrected chi connectivity index (χ0v) is 10.6. The highest BCUT2D eigenvalue weighted by molar-refractivity contribution is 4.78. The van der Waals surface area contributed by atoms with Crippen LogP contribution in [-0.4, -0.2) is 49.8 Å². The monoisotopic (exact) mass is 226 g/mol. The molecule has 0 radical (unpaired) electrons. The summed E-state index contributed by atoms with van der Waals surface area (Å²) in [5.41, 5.74) is 0. The van der Waals surface area contributed by atoms with Crippen molar-refractivity contribution in [3.05, 3.63) is 0 Å². The second-order valence-electron chi connectivity index (χ2n) is 5.26. The van der Waals surface area contributed by atoms with E-state index in [2.05, 4.69) is 17.1 Å². The number of rotatable bonds is 3. The number of hydrogen-bond acceptors (Lipinski definition) is 3. The van der Waals surface area contributed by atoms with Gasteiger partial charge in [0.15, 0.2) is 0 Å². The van der Waals surface area contributed by atoms with Gasteiger partial charge in [-0.25, -0.2) is 0 Å². The Morgan fingerprint density at radius 3 is 2.62 bits per heavy atom. The van der Waals surface area contributed by atoms with E-state index >= 15 is 0 Å². The molecule has 0 saturated carbocycles. The van der Waals surface area contributed by atoms with Crippen LogP contribution in [0.1, 0.15) is 39.0 Å². The van der Waals surface area contributed by atoms with Gasteiger partial charge in [-0.05, 0) is 39.3 Å². The Labute approximate surface area is 99.5 Å². The van der Waals surface area contributed by atoms with Crippen LogP contribution >= 0.6 is 0 Å². The molecule has 2 unspecified atom stereocenters. The van der Waals surface area contributed by atoms with E-state index in [1.54, 1.807) is 0 Å². The molecule has 2 fully saturated rings. The molecule has 0 bridgehead atoms. The predicted molar refractivity (Wildman–Crippen MR) is 66.7 cm³/mol. The molecule has 0 amide bonds. The minimum atomic E-state index is 0.576. The van der Waals surface area contributed by atoms with Gasteiger partial charge in [0, 0.05) is 18.6 Å². The molecule has 2 rings (SSSR count). The summed E-state index contributed by atoms with van der Waals surface area (Å²) in [7, 11) is 0. The van der Waals surface area contributed by atoms with Crippen LogP contribution in [0.5, 0.6) is 0 Å². The summed E-state index contributed by atoms with van der Waals surface area (Å²) in [6.45, 7) is 7.79. The molecular formula is C13H26N2O. The molecule has 2 aliphatic heterocycles. The molecule has 2 aliphatic rings. The van der Waals surface area contributed by atoms with Gasteiger partial charge in [-0.15, -0.1) is 0 Å². The van der Waals surface area contributed by atoms with Crippen LogP contribution in [0.2, 0.25) is 0 Å². The van der Waals surface area contributed by atoms with E-state index in [1.807, 2.05) is 0 Å². The second kappa shape index (κ2) is 6.58. The van der Waals surface area contributed by atoms with Crippen LogP contribution in [0.4, 0.5) is 0 Å². The van der Waals surface area contributed by atoms with Crippen molar-refractivity contribution in [3.63, 3.8) is 0 Å². The molecule has 3 nitrogen and oxygen atoms in total. The number of ether oxygens (including phenoxy) is 1. The lowest BCUT2D eigenvalue weighted by atomic mass is 10.1. The van der Waals surface area contributed by atoms with Gasteiger partial charge in [-0.2, -0.15) is 0 Å². The maximum Gasteiger partial charge on any atom is 0.0620 e. The summed E-state index contributed by atoms with van der Waals surface area (Å²) in [4.78, 5) is 2.67. The fraction of sp³-hybridized carbons (Fsp3) is 1.00. The van der Waals surface area contributed by atoms with Crippen molar-refractivity contribution in [3.8, 4) is 0 Å². The quantitative estimate of drug-likeness (QED) is 0.791. The van der Waals surface area contributed by atoms with E-state index in [0.717, 1.165) is 19.8 Å². The van der Waals surface area contributed by atoms with E-state index in [1.165, 1.54) is 45.2 Å². The summed E-state index contributed by atoms with van der Waals surface area (Å²) in [5, 5.41) is 3.55. The van der Waals surface area contributed by atoms with Crippen molar-refractivity contribution >= 4 is 0 Å². The number of likely N-dealkylation sites (tertiary alicyclic amines) is 1. The topological polar surface area (TPSA) is 24.5 Å². The van der Waals surface area contributed by atoms with E-state index in [0.29, 0.717) is 12.1 Å². The Hall–Kier alpha value is -0.120. The smallest absolute Gasteiger partial charge is 0.0620 e. The summed E-state index contributed by atoms with van der Waals surface area (Å²) in [6.07, 6.45) is 6.86. The van der Waals surface area contributed by atoms with E-state index in [-0.39, 0.29) is 0 Å². The molecule has 2 heterocycles. The van der Waals surface area contributed by atoms with Gasteiger partial charge in [0.1, 0.15) is 0 Å².